The van der Waals surface area contributed by atoms with E-state index < -0.39 is 0 Å². The highest BCUT2D eigenvalue weighted by Gasteiger charge is 2.21. The van der Waals surface area contributed by atoms with Gasteiger partial charge in [0.25, 0.3) is 5.91 Å². The van der Waals surface area contributed by atoms with Gasteiger partial charge in [0, 0.05) is 13.1 Å². The van der Waals surface area contributed by atoms with E-state index in [0.717, 1.165) is 31.6 Å². The van der Waals surface area contributed by atoms with Crippen molar-refractivity contribution in [3.63, 3.8) is 0 Å². The van der Waals surface area contributed by atoms with Gasteiger partial charge < -0.3 is 15.3 Å². The van der Waals surface area contributed by atoms with E-state index in [1.807, 2.05) is 24.3 Å². The molecule has 2 heterocycles. The molecular weight excluding hydrogens is 328 g/mol. The topological polar surface area (TPSA) is 78.4 Å². The van der Waals surface area contributed by atoms with Gasteiger partial charge in [-0.2, -0.15) is 0 Å². The maximum Gasteiger partial charge on any atom is 0.276 e. The van der Waals surface area contributed by atoms with E-state index in [1.165, 1.54) is 6.20 Å². The molecule has 0 saturated carbocycles. The summed E-state index contributed by atoms with van der Waals surface area (Å²) in [5.74, 6) is 0.123. The van der Waals surface area contributed by atoms with E-state index in [4.69, 9.17) is 11.6 Å². The van der Waals surface area contributed by atoms with Gasteiger partial charge in [0.15, 0.2) is 5.69 Å². The number of nitrogens with one attached hydrogen (secondary N) is 1. The third-order valence-corrected chi connectivity index (χ3v) is 4.31. The van der Waals surface area contributed by atoms with Gasteiger partial charge in [-0.05, 0) is 31.9 Å². The summed E-state index contributed by atoms with van der Waals surface area (Å²) in [5.41, 5.74) is 1.79. The number of nitrogens with zero attached hydrogens (tertiary/aromatic N) is 3. The van der Waals surface area contributed by atoms with E-state index in [2.05, 4.69) is 20.2 Å². The second kappa shape index (κ2) is 7.15. The molecule has 24 heavy (non-hydrogen) atoms. The number of halogens is 1. The average molecular weight is 347 g/mol. The molecule has 0 radical (unpaired) electrons. The van der Waals surface area contributed by atoms with Crippen molar-refractivity contribution >= 4 is 28.9 Å². The molecule has 6 nitrogen and oxygen atoms in total. The van der Waals surface area contributed by atoms with E-state index >= 15 is 0 Å². The molecular formula is C17H19ClN4O2. The highest BCUT2D eigenvalue weighted by atomic mass is 35.5. The van der Waals surface area contributed by atoms with Gasteiger partial charge >= 0.3 is 0 Å². The van der Waals surface area contributed by atoms with Crippen molar-refractivity contribution in [3.8, 4) is 0 Å². The summed E-state index contributed by atoms with van der Waals surface area (Å²) >= 11 is 6.04. The van der Waals surface area contributed by atoms with Crippen molar-refractivity contribution in [2.24, 2.45) is 0 Å². The Morgan fingerprint density at radius 2 is 2.04 bits per heavy atom. The molecule has 0 bridgehead atoms. The number of benzene rings is 1. The molecule has 7 heteroatoms. The first-order valence-corrected chi connectivity index (χ1v) is 8.25. The van der Waals surface area contributed by atoms with E-state index in [0.29, 0.717) is 11.5 Å². The fourth-order valence-electron chi connectivity index (χ4n) is 2.76. The van der Waals surface area contributed by atoms with Crippen LogP contribution in [0.3, 0.4) is 0 Å². The number of carbonyl (C=O) groups excluding carboxylic acids is 1. The van der Waals surface area contributed by atoms with Crippen LogP contribution in [0.15, 0.2) is 30.5 Å². The van der Waals surface area contributed by atoms with Crippen LogP contribution in [-0.4, -0.2) is 40.2 Å². The lowest BCUT2D eigenvalue weighted by atomic mass is 10.1. The Labute approximate surface area is 145 Å². The third-order valence-electron chi connectivity index (χ3n) is 4.04. The minimum atomic E-state index is -0.366. The second-order valence-electron chi connectivity index (χ2n) is 5.80. The Kier molecular flexibility index (Phi) is 4.97. The van der Waals surface area contributed by atoms with Crippen LogP contribution in [0, 0.1) is 6.92 Å². The lowest BCUT2D eigenvalue weighted by Crippen LogP contribution is -2.36. The molecule has 126 valence electrons. The zero-order chi connectivity index (χ0) is 17.1. The zero-order valence-corrected chi connectivity index (χ0v) is 14.1. The molecule has 1 saturated heterocycles. The summed E-state index contributed by atoms with van der Waals surface area (Å²) in [6.45, 7) is 3.21. The van der Waals surface area contributed by atoms with Gasteiger partial charge in [-0.1, -0.05) is 23.7 Å². The summed E-state index contributed by atoms with van der Waals surface area (Å²) < 4.78 is 0. The molecule has 3 rings (SSSR count). The van der Waals surface area contributed by atoms with Crippen molar-refractivity contribution in [3.05, 3.63) is 47.0 Å². The van der Waals surface area contributed by atoms with E-state index in [-0.39, 0.29) is 22.7 Å². The fraction of sp³-hybridized carbons (Fsp3) is 0.353. The minimum Gasteiger partial charge on any atom is -0.393 e. The van der Waals surface area contributed by atoms with Crippen LogP contribution >= 0.6 is 11.6 Å². The van der Waals surface area contributed by atoms with Gasteiger partial charge in [0.2, 0.25) is 0 Å². The Balaban J connectivity index is 1.82. The molecule has 1 fully saturated rings. The number of hydrogen-bond donors (Lipinski definition) is 2. The highest BCUT2D eigenvalue weighted by molar-refractivity contribution is 6.34. The number of hydrogen-bond acceptors (Lipinski definition) is 5. The molecule has 1 aromatic heterocycles. The molecule has 0 unspecified atom stereocenters. The first-order valence-electron chi connectivity index (χ1n) is 7.87. The summed E-state index contributed by atoms with van der Waals surface area (Å²) in [7, 11) is 0. The van der Waals surface area contributed by atoms with Gasteiger partial charge in [-0.25, -0.2) is 9.97 Å². The van der Waals surface area contributed by atoms with Crippen LogP contribution < -0.4 is 10.2 Å². The van der Waals surface area contributed by atoms with Crippen molar-refractivity contribution in [1.82, 2.24) is 9.97 Å². The van der Waals surface area contributed by atoms with Crippen LogP contribution in [0.4, 0.5) is 11.4 Å². The van der Waals surface area contributed by atoms with E-state index in [9.17, 15) is 9.90 Å². The fourth-order valence-corrected chi connectivity index (χ4v) is 2.93. The van der Waals surface area contributed by atoms with Gasteiger partial charge in [0.1, 0.15) is 5.82 Å². The molecule has 2 N–H and O–H groups in total. The number of rotatable bonds is 3. The molecule has 1 aliphatic rings. The number of anilines is 2. The number of para-hydroxylation sites is 2. The number of aryl methyl sites for hydroxylation is 1. The lowest BCUT2D eigenvalue weighted by molar-refractivity contribution is 0.102. The van der Waals surface area contributed by atoms with Gasteiger partial charge in [0.05, 0.1) is 28.7 Å². The van der Waals surface area contributed by atoms with Crippen LogP contribution in [0.25, 0.3) is 0 Å². The first-order chi connectivity index (χ1) is 11.5. The largest absolute Gasteiger partial charge is 0.393 e. The lowest BCUT2D eigenvalue weighted by Gasteiger charge is -2.32. The standard InChI is InChI=1S/C17H19ClN4O2/c1-11-19-10-13(18)16(20-11)17(24)21-14-4-2-3-5-15(14)22-8-6-12(23)7-9-22/h2-5,10,12,23H,6-9H2,1H3,(H,21,24). The van der Waals surface area contributed by atoms with Crippen LogP contribution in [0.1, 0.15) is 29.2 Å². The highest BCUT2D eigenvalue weighted by Crippen LogP contribution is 2.29. The number of piperidine rings is 1. The SMILES string of the molecule is Cc1ncc(Cl)c(C(=O)Nc2ccccc2N2CCC(O)CC2)n1. The van der Waals surface area contributed by atoms with Crippen LogP contribution in [-0.2, 0) is 0 Å². The minimum absolute atomic E-state index is 0.160. The molecule has 1 aliphatic heterocycles. The van der Waals surface area contributed by atoms with Crippen molar-refractivity contribution in [2.45, 2.75) is 25.9 Å². The third kappa shape index (κ3) is 3.66. The Morgan fingerprint density at radius 1 is 1.33 bits per heavy atom. The van der Waals surface area contributed by atoms with Gasteiger partial charge in [-0.3, -0.25) is 4.79 Å². The number of aliphatic hydroxyl groups is 1. The monoisotopic (exact) mass is 346 g/mol. The van der Waals surface area contributed by atoms with Crippen molar-refractivity contribution in [1.29, 1.82) is 0 Å². The maximum atomic E-state index is 12.5. The molecule has 0 aliphatic carbocycles. The van der Waals surface area contributed by atoms with E-state index in [1.54, 1.807) is 6.92 Å². The Morgan fingerprint density at radius 3 is 2.79 bits per heavy atom. The molecule has 2 aromatic rings. The summed E-state index contributed by atoms with van der Waals surface area (Å²) in [5, 5.41) is 12.8. The molecule has 0 atom stereocenters. The Hall–Kier alpha value is -2.18. The molecule has 0 spiro atoms. The quantitative estimate of drug-likeness (QED) is 0.893. The smallest absolute Gasteiger partial charge is 0.276 e. The van der Waals surface area contributed by atoms with Crippen LogP contribution in [0.5, 0.6) is 0 Å². The van der Waals surface area contributed by atoms with Gasteiger partial charge in [-0.15, -0.1) is 0 Å². The number of carbonyl (C=O) groups is 1. The predicted molar refractivity (Wildman–Crippen MR) is 93.6 cm³/mol. The molecule has 1 aromatic carbocycles. The van der Waals surface area contributed by atoms with Crippen LogP contribution in [0.2, 0.25) is 5.02 Å². The second-order valence-corrected chi connectivity index (χ2v) is 6.21. The Bertz CT molecular complexity index is 745. The predicted octanol–water partition coefficient (Wildman–Crippen LogP) is 2.65. The first kappa shape index (κ1) is 16.7. The summed E-state index contributed by atoms with van der Waals surface area (Å²) in [6.07, 6.45) is 2.63. The summed E-state index contributed by atoms with van der Waals surface area (Å²) in [6, 6.07) is 7.60. The number of aliphatic hydroxyl groups excluding tert-OH is 1. The summed E-state index contributed by atoms with van der Waals surface area (Å²) in [4.78, 5) is 22.8. The number of amides is 1. The maximum absolute atomic E-state index is 12.5. The number of aromatic nitrogens is 2. The zero-order valence-electron chi connectivity index (χ0n) is 13.4. The van der Waals surface area contributed by atoms with Crippen molar-refractivity contribution in [2.75, 3.05) is 23.3 Å². The molecule has 1 amide bonds. The normalized spacial score (nSPS) is 15.4. The average Bonchev–Trinajstić information content (AvgIpc) is 2.58. The van der Waals surface area contributed by atoms with Crippen molar-refractivity contribution < 1.29 is 9.90 Å².